The lowest BCUT2D eigenvalue weighted by molar-refractivity contribution is 0.193. The molecule has 0 N–H and O–H groups in total. The Bertz CT molecular complexity index is 887. The first-order valence-corrected chi connectivity index (χ1v) is 12.0. The molecule has 2 fully saturated rings. The van der Waals surface area contributed by atoms with Gasteiger partial charge in [-0.2, -0.15) is 0 Å². The lowest BCUT2D eigenvalue weighted by atomic mass is 9.90. The van der Waals surface area contributed by atoms with Crippen LogP contribution in [0.3, 0.4) is 0 Å². The zero-order valence-corrected chi connectivity index (χ0v) is 19.1. The van der Waals surface area contributed by atoms with Crippen LogP contribution in [0.2, 0.25) is 0 Å². The summed E-state index contributed by atoms with van der Waals surface area (Å²) in [5, 5.41) is 0. The van der Waals surface area contributed by atoms with E-state index in [9.17, 15) is 4.39 Å². The molecule has 1 aliphatic heterocycles. The van der Waals surface area contributed by atoms with Gasteiger partial charge in [0.25, 0.3) is 0 Å². The van der Waals surface area contributed by atoms with Gasteiger partial charge in [0, 0.05) is 29.9 Å². The Hall–Kier alpha value is -2.40. The summed E-state index contributed by atoms with van der Waals surface area (Å²) in [7, 11) is 1.67. The second kappa shape index (κ2) is 11.5. The van der Waals surface area contributed by atoms with E-state index in [1.807, 2.05) is 12.1 Å². The van der Waals surface area contributed by atoms with E-state index in [0.29, 0.717) is 30.1 Å². The van der Waals surface area contributed by atoms with Gasteiger partial charge in [-0.05, 0) is 68.8 Å². The molecule has 2 aliphatic rings. The number of likely N-dealkylation sites (tertiary alicyclic amines) is 1. The summed E-state index contributed by atoms with van der Waals surface area (Å²) in [6, 6.07) is 8.94. The standard InChI is InChI=1S/C27H35FN2O2/c1-31-27-24(8-5-15-29-27)19-30-16-13-21(14-17-30)9-10-23-11-12-25(28)18-26(23)32-20-22-6-3-2-4-7-22/h5,8-12,15,18,21-22H,2-4,6-7,13-14,16-17,19-20H2,1H3/b10-9+. The van der Waals surface area contributed by atoms with Crippen LogP contribution in [0.5, 0.6) is 11.6 Å². The van der Waals surface area contributed by atoms with Crippen LogP contribution >= 0.6 is 0 Å². The fourth-order valence-corrected chi connectivity index (χ4v) is 4.84. The van der Waals surface area contributed by atoms with E-state index < -0.39 is 0 Å². The molecular formula is C27H35FN2O2. The number of hydrogen-bond acceptors (Lipinski definition) is 4. The number of nitrogens with zero attached hydrogens (tertiary/aromatic N) is 2. The zero-order chi connectivity index (χ0) is 22.2. The third-order valence-corrected chi connectivity index (χ3v) is 6.79. The summed E-state index contributed by atoms with van der Waals surface area (Å²) in [5.74, 6) is 2.28. The Balaban J connectivity index is 1.31. The van der Waals surface area contributed by atoms with E-state index in [1.54, 1.807) is 13.3 Å². The van der Waals surface area contributed by atoms with E-state index in [-0.39, 0.29) is 5.82 Å². The van der Waals surface area contributed by atoms with Crippen molar-refractivity contribution < 1.29 is 13.9 Å². The average molecular weight is 439 g/mol. The van der Waals surface area contributed by atoms with Gasteiger partial charge in [0.1, 0.15) is 11.6 Å². The molecule has 0 unspecified atom stereocenters. The van der Waals surface area contributed by atoms with E-state index in [4.69, 9.17) is 9.47 Å². The van der Waals surface area contributed by atoms with Gasteiger partial charge < -0.3 is 9.47 Å². The van der Waals surface area contributed by atoms with Crippen molar-refractivity contribution in [2.24, 2.45) is 11.8 Å². The zero-order valence-electron chi connectivity index (χ0n) is 19.1. The van der Waals surface area contributed by atoms with Crippen molar-refractivity contribution in [3.63, 3.8) is 0 Å². The summed E-state index contributed by atoms with van der Waals surface area (Å²) < 4.78 is 25.3. The molecule has 2 aromatic rings. The van der Waals surface area contributed by atoms with Gasteiger partial charge in [-0.3, -0.25) is 4.90 Å². The molecule has 1 aliphatic carbocycles. The number of rotatable bonds is 8. The second-order valence-corrected chi connectivity index (χ2v) is 9.14. The van der Waals surface area contributed by atoms with E-state index in [2.05, 4.69) is 28.1 Å². The average Bonchev–Trinajstić information content (AvgIpc) is 2.84. The normalized spacial score (nSPS) is 18.8. The predicted molar refractivity (Wildman–Crippen MR) is 126 cm³/mol. The second-order valence-electron chi connectivity index (χ2n) is 9.14. The van der Waals surface area contributed by atoms with Gasteiger partial charge in [-0.25, -0.2) is 9.37 Å². The SMILES string of the molecule is COc1ncccc1CN1CCC(/C=C/c2ccc(F)cc2OCC2CCCCC2)CC1. The molecule has 0 amide bonds. The number of piperidine rings is 1. The topological polar surface area (TPSA) is 34.6 Å². The van der Waals surface area contributed by atoms with Crippen molar-refractivity contribution in [3.05, 3.63) is 59.5 Å². The highest BCUT2D eigenvalue weighted by atomic mass is 19.1. The van der Waals surface area contributed by atoms with Crippen molar-refractivity contribution >= 4 is 6.08 Å². The number of benzene rings is 1. The summed E-state index contributed by atoms with van der Waals surface area (Å²) in [6.45, 7) is 3.65. The Kier molecular flexibility index (Phi) is 8.16. The molecule has 2 heterocycles. The van der Waals surface area contributed by atoms with Crippen LogP contribution in [-0.2, 0) is 6.54 Å². The molecule has 0 bridgehead atoms. The van der Waals surface area contributed by atoms with Crippen molar-refractivity contribution in [1.29, 1.82) is 0 Å². The van der Waals surface area contributed by atoms with Crippen molar-refractivity contribution in [1.82, 2.24) is 9.88 Å². The van der Waals surface area contributed by atoms with Crippen LogP contribution in [0.25, 0.3) is 6.08 Å². The summed E-state index contributed by atoms with van der Waals surface area (Å²) >= 11 is 0. The van der Waals surface area contributed by atoms with Crippen molar-refractivity contribution in [3.8, 4) is 11.6 Å². The lowest BCUT2D eigenvalue weighted by Crippen LogP contribution is -2.32. The minimum atomic E-state index is -0.236. The van der Waals surface area contributed by atoms with Crippen LogP contribution in [0, 0.1) is 17.7 Å². The molecule has 32 heavy (non-hydrogen) atoms. The van der Waals surface area contributed by atoms with Gasteiger partial charge in [0.15, 0.2) is 0 Å². The Morgan fingerprint density at radius 1 is 1.09 bits per heavy atom. The number of aromatic nitrogens is 1. The third-order valence-electron chi connectivity index (χ3n) is 6.79. The van der Waals surface area contributed by atoms with Gasteiger partial charge in [0.05, 0.1) is 13.7 Å². The molecule has 1 aromatic carbocycles. The highest BCUT2D eigenvalue weighted by Gasteiger charge is 2.19. The number of allylic oxidation sites excluding steroid dienone is 1. The molecule has 5 heteroatoms. The predicted octanol–water partition coefficient (Wildman–Crippen LogP) is 6.11. The van der Waals surface area contributed by atoms with Crippen LogP contribution < -0.4 is 9.47 Å². The highest BCUT2D eigenvalue weighted by Crippen LogP contribution is 2.28. The molecule has 1 saturated carbocycles. The van der Waals surface area contributed by atoms with Crippen LogP contribution in [-0.4, -0.2) is 36.7 Å². The van der Waals surface area contributed by atoms with Gasteiger partial charge in [-0.15, -0.1) is 0 Å². The molecule has 0 radical (unpaired) electrons. The minimum Gasteiger partial charge on any atom is -0.493 e. The van der Waals surface area contributed by atoms with Crippen LogP contribution in [0.1, 0.15) is 56.1 Å². The maximum atomic E-state index is 13.9. The first-order valence-electron chi connectivity index (χ1n) is 12.0. The fraction of sp³-hybridized carbons (Fsp3) is 0.519. The maximum Gasteiger partial charge on any atom is 0.217 e. The van der Waals surface area contributed by atoms with E-state index in [1.165, 1.54) is 44.2 Å². The largest absolute Gasteiger partial charge is 0.493 e. The first kappa shape index (κ1) is 22.8. The molecule has 4 rings (SSSR count). The number of ether oxygens (including phenoxy) is 2. The van der Waals surface area contributed by atoms with Gasteiger partial charge >= 0.3 is 0 Å². The van der Waals surface area contributed by atoms with Gasteiger partial charge in [0.2, 0.25) is 5.88 Å². The smallest absolute Gasteiger partial charge is 0.217 e. The number of hydrogen-bond donors (Lipinski definition) is 0. The molecule has 1 saturated heterocycles. The van der Waals surface area contributed by atoms with Gasteiger partial charge in [-0.1, -0.05) is 37.5 Å². The number of halogens is 1. The quantitative estimate of drug-likeness (QED) is 0.498. The summed E-state index contributed by atoms with van der Waals surface area (Å²) in [4.78, 5) is 6.76. The first-order chi connectivity index (χ1) is 15.7. The van der Waals surface area contributed by atoms with E-state index >= 15 is 0 Å². The monoisotopic (exact) mass is 438 g/mol. The molecule has 172 valence electrons. The van der Waals surface area contributed by atoms with Crippen LogP contribution in [0.4, 0.5) is 4.39 Å². The Labute approximate surface area is 191 Å². The molecule has 4 nitrogen and oxygen atoms in total. The lowest BCUT2D eigenvalue weighted by Gasteiger charge is -2.30. The summed E-state index contributed by atoms with van der Waals surface area (Å²) in [5.41, 5.74) is 2.11. The summed E-state index contributed by atoms with van der Waals surface area (Å²) in [6.07, 6.45) is 14.8. The van der Waals surface area contributed by atoms with Crippen LogP contribution in [0.15, 0.2) is 42.6 Å². The number of pyridine rings is 1. The Morgan fingerprint density at radius 2 is 1.91 bits per heavy atom. The number of methoxy groups -OCH3 is 1. The maximum absolute atomic E-state index is 13.9. The molecule has 1 aromatic heterocycles. The van der Waals surface area contributed by atoms with Crippen molar-refractivity contribution in [2.45, 2.75) is 51.5 Å². The fourth-order valence-electron chi connectivity index (χ4n) is 4.84. The minimum absolute atomic E-state index is 0.236. The Morgan fingerprint density at radius 3 is 2.69 bits per heavy atom. The van der Waals surface area contributed by atoms with E-state index in [0.717, 1.165) is 43.6 Å². The highest BCUT2D eigenvalue weighted by molar-refractivity contribution is 5.57. The van der Waals surface area contributed by atoms with Crippen molar-refractivity contribution in [2.75, 3.05) is 26.8 Å². The molecular weight excluding hydrogens is 403 g/mol. The molecule has 0 spiro atoms. The third kappa shape index (κ3) is 6.32. The molecule has 0 atom stereocenters.